The van der Waals surface area contributed by atoms with Crippen LogP contribution in [0.3, 0.4) is 0 Å². The highest BCUT2D eigenvalue weighted by Gasteiger charge is 2.12. The number of aromatic carboxylic acids is 1. The first kappa shape index (κ1) is 14.3. The van der Waals surface area contributed by atoms with Crippen molar-refractivity contribution in [3.05, 3.63) is 57.5 Å². The van der Waals surface area contributed by atoms with Crippen molar-refractivity contribution in [2.45, 2.75) is 13.5 Å². The van der Waals surface area contributed by atoms with E-state index >= 15 is 0 Å². The van der Waals surface area contributed by atoms with Gasteiger partial charge in [-0.3, -0.25) is 4.79 Å². The number of nitrogens with one attached hydrogen (secondary N) is 1. The minimum absolute atomic E-state index is 0.140. The molecule has 0 spiro atoms. The molecule has 1 aromatic heterocycles. The van der Waals surface area contributed by atoms with Gasteiger partial charge in [0.2, 0.25) is 5.76 Å². The zero-order chi connectivity index (χ0) is 14.7. The average molecular weight is 338 g/mol. The molecule has 20 heavy (non-hydrogen) atoms. The van der Waals surface area contributed by atoms with Crippen LogP contribution in [0, 0.1) is 6.92 Å². The summed E-state index contributed by atoms with van der Waals surface area (Å²) in [5.41, 5.74) is 1.42. The molecule has 0 saturated carbocycles. The number of carboxylic acids is 1. The quantitative estimate of drug-likeness (QED) is 0.898. The summed E-state index contributed by atoms with van der Waals surface area (Å²) in [4.78, 5) is 22.7. The Kier molecular flexibility index (Phi) is 4.24. The summed E-state index contributed by atoms with van der Waals surface area (Å²) in [6, 6.07) is 8.24. The lowest BCUT2D eigenvalue weighted by Gasteiger charge is -2.06. The Morgan fingerprint density at radius 1 is 1.30 bits per heavy atom. The fourth-order valence-electron chi connectivity index (χ4n) is 1.73. The zero-order valence-electron chi connectivity index (χ0n) is 10.6. The molecule has 0 unspecified atom stereocenters. The van der Waals surface area contributed by atoms with Crippen molar-refractivity contribution >= 4 is 27.8 Å². The maximum absolute atomic E-state index is 12.0. The van der Waals surface area contributed by atoms with E-state index in [2.05, 4.69) is 21.2 Å². The number of hydrogen-bond acceptors (Lipinski definition) is 3. The summed E-state index contributed by atoms with van der Waals surface area (Å²) < 4.78 is 5.97. The van der Waals surface area contributed by atoms with Gasteiger partial charge in [0.05, 0.1) is 6.54 Å². The molecule has 5 nitrogen and oxygen atoms in total. The van der Waals surface area contributed by atoms with E-state index in [1.807, 2.05) is 13.0 Å². The van der Waals surface area contributed by atoms with E-state index in [0.717, 1.165) is 10.0 Å². The van der Waals surface area contributed by atoms with Gasteiger partial charge in [-0.25, -0.2) is 4.79 Å². The van der Waals surface area contributed by atoms with Crippen LogP contribution in [0.4, 0.5) is 0 Å². The molecule has 0 aliphatic rings. The number of hydrogen-bond donors (Lipinski definition) is 2. The smallest absolute Gasteiger partial charge is 0.371 e. The van der Waals surface area contributed by atoms with Crippen molar-refractivity contribution in [2.24, 2.45) is 0 Å². The van der Waals surface area contributed by atoms with Crippen molar-refractivity contribution in [2.75, 3.05) is 0 Å². The van der Waals surface area contributed by atoms with Crippen LogP contribution in [0.1, 0.15) is 32.2 Å². The van der Waals surface area contributed by atoms with Gasteiger partial charge in [0, 0.05) is 10.0 Å². The van der Waals surface area contributed by atoms with E-state index in [1.54, 1.807) is 12.1 Å². The van der Waals surface area contributed by atoms with E-state index < -0.39 is 5.97 Å². The molecule has 6 heteroatoms. The number of rotatable bonds is 4. The van der Waals surface area contributed by atoms with Crippen LogP contribution in [0.2, 0.25) is 0 Å². The van der Waals surface area contributed by atoms with E-state index in [0.29, 0.717) is 11.3 Å². The molecule has 2 rings (SSSR count). The molecule has 2 aromatic rings. The number of halogens is 1. The monoisotopic (exact) mass is 337 g/mol. The van der Waals surface area contributed by atoms with Crippen LogP contribution in [0.25, 0.3) is 0 Å². The van der Waals surface area contributed by atoms with E-state index in [9.17, 15) is 9.59 Å². The number of carbonyl (C=O) groups excluding carboxylic acids is 1. The summed E-state index contributed by atoms with van der Waals surface area (Å²) >= 11 is 3.34. The number of carbonyl (C=O) groups is 2. The molecule has 104 valence electrons. The van der Waals surface area contributed by atoms with E-state index in [1.165, 1.54) is 12.1 Å². The van der Waals surface area contributed by atoms with Crippen LogP contribution in [-0.2, 0) is 6.54 Å². The number of amides is 1. The largest absolute Gasteiger partial charge is 0.475 e. The van der Waals surface area contributed by atoms with Gasteiger partial charge < -0.3 is 14.8 Å². The van der Waals surface area contributed by atoms with Gasteiger partial charge in [-0.1, -0.05) is 15.9 Å². The minimum Gasteiger partial charge on any atom is -0.475 e. The normalized spacial score (nSPS) is 10.3. The van der Waals surface area contributed by atoms with Crippen LogP contribution in [0.5, 0.6) is 0 Å². The lowest BCUT2D eigenvalue weighted by atomic mass is 10.1. The summed E-state index contributed by atoms with van der Waals surface area (Å²) in [5.74, 6) is -1.12. The lowest BCUT2D eigenvalue weighted by molar-refractivity contribution is 0.0660. The average Bonchev–Trinajstić information content (AvgIpc) is 2.85. The highest BCUT2D eigenvalue weighted by atomic mass is 79.9. The van der Waals surface area contributed by atoms with Crippen molar-refractivity contribution in [3.63, 3.8) is 0 Å². The molecular formula is C14H12BrNO4. The van der Waals surface area contributed by atoms with Gasteiger partial charge in [0.1, 0.15) is 5.76 Å². The van der Waals surface area contributed by atoms with Crippen molar-refractivity contribution in [1.29, 1.82) is 0 Å². The molecule has 2 N–H and O–H groups in total. The predicted octanol–water partition coefficient (Wildman–Crippen LogP) is 2.98. The number of benzene rings is 1. The number of carboxylic acid groups (broad SMARTS) is 1. The second-order valence-electron chi connectivity index (χ2n) is 4.21. The Labute approximate surface area is 123 Å². The Morgan fingerprint density at radius 3 is 2.65 bits per heavy atom. The fourth-order valence-corrected chi connectivity index (χ4v) is 2.21. The third-order valence-electron chi connectivity index (χ3n) is 2.73. The van der Waals surface area contributed by atoms with Crippen LogP contribution in [-0.4, -0.2) is 17.0 Å². The molecule has 0 bridgehead atoms. The zero-order valence-corrected chi connectivity index (χ0v) is 12.2. The summed E-state index contributed by atoms with van der Waals surface area (Å²) in [5, 5.41) is 11.4. The van der Waals surface area contributed by atoms with E-state index in [4.69, 9.17) is 9.52 Å². The Balaban J connectivity index is 2.02. The maximum atomic E-state index is 12.0. The maximum Gasteiger partial charge on any atom is 0.371 e. The molecule has 0 radical (unpaired) electrons. The predicted molar refractivity (Wildman–Crippen MR) is 75.7 cm³/mol. The first-order chi connectivity index (χ1) is 9.47. The lowest BCUT2D eigenvalue weighted by Crippen LogP contribution is -2.23. The third-order valence-corrected chi connectivity index (χ3v) is 3.22. The third kappa shape index (κ3) is 3.27. The second kappa shape index (κ2) is 5.92. The molecule has 0 saturated heterocycles. The van der Waals surface area contributed by atoms with Crippen LogP contribution in [0.15, 0.2) is 39.2 Å². The summed E-state index contributed by atoms with van der Waals surface area (Å²) in [6.07, 6.45) is 0. The standard InChI is InChI=1S/C14H12BrNO4/c1-8-6-9(15)2-4-11(8)13(17)16-7-10-3-5-12(20-10)14(18)19/h2-6H,7H2,1H3,(H,16,17)(H,18,19). The Morgan fingerprint density at radius 2 is 2.05 bits per heavy atom. The molecule has 0 atom stereocenters. The molecule has 1 aromatic carbocycles. The Bertz CT molecular complexity index is 663. The van der Waals surface area contributed by atoms with Crippen LogP contribution >= 0.6 is 15.9 Å². The molecule has 0 aliphatic heterocycles. The van der Waals surface area contributed by atoms with Gasteiger partial charge >= 0.3 is 5.97 Å². The van der Waals surface area contributed by atoms with Crippen molar-refractivity contribution < 1.29 is 19.1 Å². The number of furan rings is 1. The van der Waals surface area contributed by atoms with Crippen LogP contribution < -0.4 is 5.32 Å². The van der Waals surface area contributed by atoms with Gasteiger partial charge in [-0.05, 0) is 42.8 Å². The highest BCUT2D eigenvalue weighted by molar-refractivity contribution is 9.10. The molecule has 1 amide bonds. The first-order valence-electron chi connectivity index (χ1n) is 5.83. The van der Waals surface area contributed by atoms with Crippen molar-refractivity contribution in [3.8, 4) is 0 Å². The van der Waals surface area contributed by atoms with Gasteiger partial charge in [0.15, 0.2) is 0 Å². The molecular weight excluding hydrogens is 326 g/mol. The van der Waals surface area contributed by atoms with E-state index in [-0.39, 0.29) is 18.2 Å². The number of aryl methyl sites for hydroxylation is 1. The van der Waals surface area contributed by atoms with Gasteiger partial charge in [0.25, 0.3) is 5.91 Å². The fraction of sp³-hybridized carbons (Fsp3) is 0.143. The second-order valence-corrected chi connectivity index (χ2v) is 5.13. The topological polar surface area (TPSA) is 79.5 Å². The SMILES string of the molecule is Cc1cc(Br)ccc1C(=O)NCc1ccc(C(=O)O)o1. The van der Waals surface area contributed by atoms with Gasteiger partial charge in [-0.15, -0.1) is 0 Å². The van der Waals surface area contributed by atoms with Crippen molar-refractivity contribution in [1.82, 2.24) is 5.32 Å². The highest BCUT2D eigenvalue weighted by Crippen LogP contribution is 2.16. The summed E-state index contributed by atoms with van der Waals surface area (Å²) in [7, 11) is 0. The molecule has 0 aliphatic carbocycles. The minimum atomic E-state index is -1.13. The molecule has 1 heterocycles. The molecule has 0 fully saturated rings. The van der Waals surface area contributed by atoms with Gasteiger partial charge in [-0.2, -0.15) is 0 Å². The first-order valence-corrected chi connectivity index (χ1v) is 6.63. The summed E-state index contributed by atoms with van der Waals surface area (Å²) in [6.45, 7) is 1.98. The Hall–Kier alpha value is -2.08.